The molecule has 90 valence electrons. The molecule has 0 unspecified atom stereocenters. The molecule has 0 bridgehead atoms. The van der Waals surface area contributed by atoms with Crippen LogP contribution in [0.2, 0.25) is 0 Å². The standard InChI is InChI=1S/C13H9NO4/c1-18-10(15)7-3-5-8-4-2-6-9-11(8)14-13(17)12(9)16/h2,4,6H,7H2,1H3,(H,14,16,17). The van der Waals surface area contributed by atoms with Crippen molar-refractivity contribution in [3.63, 3.8) is 0 Å². The Balaban J connectivity index is 2.29. The summed E-state index contributed by atoms with van der Waals surface area (Å²) in [6, 6.07) is 4.86. The zero-order valence-corrected chi connectivity index (χ0v) is 9.57. The lowest BCUT2D eigenvalue weighted by Gasteiger charge is -1.99. The number of methoxy groups -OCH3 is 1. The van der Waals surface area contributed by atoms with Gasteiger partial charge in [-0.25, -0.2) is 0 Å². The van der Waals surface area contributed by atoms with Crippen LogP contribution in [0.25, 0.3) is 0 Å². The highest BCUT2D eigenvalue weighted by Gasteiger charge is 2.29. The number of fused-ring (bicyclic) bond motifs is 1. The smallest absolute Gasteiger partial charge is 0.317 e. The molecule has 0 radical (unpaired) electrons. The summed E-state index contributed by atoms with van der Waals surface area (Å²) in [5, 5.41) is 2.46. The quantitative estimate of drug-likeness (QED) is 0.448. The number of rotatable bonds is 1. The number of ketones is 1. The average molecular weight is 243 g/mol. The number of amides is 1. The molecule has 5 heteroatoms. The molecule has 0 spiro atoms. The number of Topliss-reactive ketones (excluding diaryl/α,β-unsaturated/α-hetero) is 1. The fourth-order valence-corrected chi connectivity index (χ4v) is 1.56. The topological polar surface area (TPSA) is 72.5 Å². The van der Waals surface area contributed by atoms with E-state index < -0.39 is 17.7 Å². The summed E-state index contributed by atoms with van der Waals surface area (Å²) in [5.41, 5.74) is 1.23. The van der Waals surface area contributed by atoms with Crippen LogP contribution in [0.15, 0.2) is 18.2 Å². The van der Waals surface area contributed by atoms with Gasteiger partial charge in [-0.05, 0) is 12.1 Å². The van der Waals surface area contributed by atoms with Gasteiger partial charge in [-0.2, -0.15) is 0 Å². The average Bonchev–Trinajstić information content (AvgIpc) is 2.66. The monoisotopic (exact) mass is 243 g/mol. The molecule has 0 fully saturated rings. The van der Waals surface area contributed by atoms with Crippen LogP contribution in [0.1, 0.15) is 22.3 Å². The second-order valence-corrected chi connectivity index (χ2v) is 3.57. The molecule has 1 aromatic carbocycles. The first kappa shape index (κ1) is 11.9. The zero-order valence-electron chi connectivity index (χ0n) is 9.57. The summed E-state index contributed by atoms with van der Waals surface area (Å²) in [5.74, 6) is 3.70. The molecular weight excluding hydrogens is 234 g/mol. The van der Waals surface area contributed by atoms with Gasteiger partial charge in [0.2, 0.25) is 0 Å². The number of hydrogen-bond donors (Lipinski definition) is 1. The lowest BCUT2D eigenvalue weighted by atomic mass is 10.1. The van der Waals surface area contributed by atoms with Crippen molar-refractivity contribution in [1.82, 2.24) is 0 Å². The Morgan fingerprint density at radius 1 is 1.39 bits per heavy atom. The molecule has 1 N–H and O–H groups in total. The molecule has 18 heavy (non-hydrogen) atoms. The van der Waals surface area contributed by atoms with Gasteiger partial charge in [-0.1, -0.05) is 17.9 Å². The minimum Gasteiger partial charge on any atom is -0.468 e. The predicted molar refractivity (Wildman–Crippen MR) is 62.9 cm³/mol. The lowest BCUT2D eigenvalue weighted by Crippen LogP contribution is -2.12. The maximum absolute atomic E-state index is 11.4. The van der Waals surface area contributed by atoms with E-state index in [1.54, 1.807) is 18.2 Å². The van der Waals surface area contributed by atoms with Gasteiger partial charge >= 0.3 is 5.97 Å². The predicted octanol–water partition coefficient (Wildman–Crippen LogP) is 0.736. The summed E-state index contributed by atoms with van der Waals surface area (Å²) >= 11 is 0. The minimum absolute atomic E-state index is 0.0396. The number of ether oxygens (including phenoxy) is 1. The fraction of sp³-hybridized carbons (Fsp3) is 0.154. The first-order valence-electron chi connectivity index (χ1n) is 5.18. The van der Waals surface area contributed by atoms with E-state index in [2.05, 4.69) is 21.9 Å². The van der Waals surface area contributed by atoms with Crippen LogP contribution in [0.4, 0.5) is 5.69 Å². The fourth-order valence-electron chi connectivity index (χ4n) is 1.56. The van der Waals surface area contributed by atoms with Crippen LogP contribution >= 0.6 is 0 Å². The molecule has 1 aliphatic heterocycles. The van der Waals surface area contributed by atoms with Crippen LogP contribution in [0, 0.1) is 11.8 Å². The van der Waals surface area contributed by atoms with Crippen LogP contribution in [-0.4, -0.2) is 24.8 Å². The number of benzene rings is 1. The van der Waals surface area contributed by atoms with Crippen LogP contribution < -0.4 is 5.32 Å². The van der Waals surface area contributed by atoms with E-state index in [9.17, 15) is 14.4 Å². The Morgan fingerprint density at radius 2 is 2.17 bits per heavy atom. The Morgan fingerprint density at radius 3 is 2.89 bits per heavy atom. The van der Waals surface area contributed by atoms with Crippen molar-refractivity contribution in [1.29, 1.82) is 0 Å². The lowest BCUT2D eigenvalue weighted by molar-refractivity contribution is -0.139. The van der Waals surface area contributed by atoms with Crippen molar-refractivity contribution in [3.05, 3.63) is 29.3 Å². The third-order valence-electron chi connectivity index (χ3n) is 2.44. The van der Waals surface area contributed by atoms with E-state index in [0.717, 1.165) is 0 Å². The van der Waals surface area contributed by atoms with E-state index in [1.807, 2.05) is 0 Å². The normalized spacial score (nSPS) is 12.3. The third-order valence-corrected chi connectivity index (χ3v) is 2.44. The summed E-state index contributed by atoms with van der Waals surface area (Å²) in [6.45, 7) is 0. The number of hydrogen-bond acceptors (Lipinski definition) is 4. The van der Waals surface area contributed by atoms with Crippen molar-refractivity contribution < 1.29 is 19.1 Å². The molecule has 0 saturated heterocycles. The molecule has 0 aliphatic carbocycles. The van der Waals surface area contributed by atoms with Crippen molar-refractivity contribution >= 4 is 23.3 Å². The van der Waals surface area contributed by atoms with E-state index >= 15 is 0 Å². The Hall–Kier alpha value is -2.61. The highest BCUT2D eigenvalue weighted by atomic mass is 16.5. The van der Waals surface area contributed by atoms with Gasteiger partial charge < -0.3 is 10.1 Å². The van der Waals surface area contributed by atoms with Gasteiger partial charge in [0.15, 0.2) is 0 Å². The molecule has 0 atom stereocenters. The van der Waals surface area contributed by atoms with Crippen molar-refractivity contribution in [2.24, 2.45) is 0 Å². The van der Waals surface area contributed by atoms with Crippen LogP contribution in [0.3, 0.4) is 0 Å². The summed E-state index contributed by atoms with van der Waals surface area (Å²) in [7, 11) is 1.28. The first-order valence-corrected chi connectivity index (χ1v) is 5.18. The SMILES string of the molecule is COC(=O)CC#Cc1cccc2c1NC(=O)C2=O. The maximum atomic E-state index is 11.4. The molecule has 0 aromatic heterocycles. The van der Waals surface area contributed by atoms with E-state index in [1.165, 1.54) is 7.11 Å². The van der Waals surface area contributed by atoms with Crippen LogP contribution in [-0.2, 0) is 14.3 Å². The number of carbonyl (C=O) groups excluding carboxylic acids is 3. The summed E-state index contributed by atoms with van der Waals surface area (Å²) < 4.78 is 4.45. The maximum Gasteiger partial charge on any atom is 0.317 e. The number of esters is 1. The number of para-hydroxylation sites is 1. The highest BCUT2D eigenvalue weighted by Crippen LogP contribution is 2.26. The van der Waals surface area contributed by atoms with Gasteiger partial charge in [0.05, 0.1) is 18.4 Å². The second-order valence-electron chi connectivity index (χ2n) is 3.57. The van der Waals surface area contributed by atoms with Crippen molar-refractivity contribution in [3.8, 4) is 11.8 Å². The molecule has 2 rings (SSSR count). The van der Waals surface area contributed by atoms with Gasteiger partial charge in [0.1, 0.15) is 6.42 Å². The molecular formula is C13H9NO4. The Bertz CT molecular complexity index is 607. The van der Waals surface area contributed by atoms with Crippen molar-refractivity contribution in [2.75, 3.05) is 12.4 Å². The third kappa shape index (κ3) is 2.09. The molecule has 1 heterocycles. The summed E-state index contributed by atoms with van der Waals surface area (Å²) in [4.78, 5) is 33.6. The largest absolute Gasteiger partial charge is 0.468 e. The van der Waals surface area contributed by atoms with Gasteiger partial charge in [-0.3, -0.25) is 14.4 Å². The highest BCUT2D eigenvalue weighted by molar-refractivity contribution is 6.51. The number of anilines is 1. The first-order chi connectivity index (χ1) is 8.63. The van der Waals surface area contributed by atoms with E-state index in [-0.39, 0.29) is 6.42 Å². The number of nitrogens with one attached hydrogen (secondary N) is 1. The number of carbonyl (C=O) groups is 3. The molecule has 5 nitrogen and oxygen atoms in total. The summed E-state index contributed by atoms with van der Waals surface area (Å²) in [6.07, 6.45) is -0.0396. The van der Waals surface area contributed by atoms with Crippen molar-refractivity contribution in [2.45, 2.75) is 6.42 Å². The molecule has 1 aliphatic rings. The Labute approximate surface area is 103 Å². The Kier molecular flexibility index (Phi) is 3.11. The van der Waals surface area contributed by atoms with E-state index in [4.69, 9.17) is 0 Å². The van der Waals surface area contributed by atoms with Gasteiger partial charge in [-0.15, -0.1) is 0 Å². The van der Waals surface area contributed by atoms with Gasteiger partial charge in [0.25, 0.3) is 11.7 Å². The minimum atomic E-state index is -0.660. The molecule has 1 aromatic rings. The van der Waals surface area contributed by atoms with Crippen LogP contribution in [0.5, 0.6) is 0 Å². The molecule has 0 saturated carbocycles. The molecule has 1 amide bonds. The van der Waals surface area contributed by atoms with Gasteiger partial charge in [0, 0.05) is 5.56 Å². The van der Waals surface area contributed by atoms with E-state index in [0.29, 0.717) is 16.8 Å². The second kappa shape index (κ2) is 4.72. The zero-order chi connectivity index (χ0) is 13.1.